The van der Waals surface area contributed by atoms with E-state index in [0.717, 1.165) is 15.8 Å². The predicted molar refractivity (Wildman–Crippen MR) is 98.0 cm³/mol. The van der Waals surface area contributed by atoms with Gasteiger partial charge in [0.25, 0.3) is 5.91 Å². The second-order valence-electron chi connectivity index (χ2n) is 5.30. The van der Waals surface area contributed by atoms with Crippen LogP contribution in [0.5, 0.6) is 17.2 Å². The Kier molecular flexibility index (Phi) is 5.04. The molecule has 3 aromatic rings. The Morgan fingerprint density at radius 3 is 2.72 bits per heavy atom. The summed E-state index contributed by atoms with van der Waals surface area (Å²) in [4.78, 5) is 16.6. The van der Waals surface area contributed by atoms with E-state index in [2.05, 4.69) is 10.3 Å². The number of amides is 1. The highest BCUT2D eigenvalue weighted by Gasteiger charge is 2.13. The third-order valence-corrected chi connectivity index (χ3v) is 4.69. The van der Waals surface area contributed by atoms with Gasteiger partial charge in [-0.25, -0.2) is 4.98 Å². The number of hydrogen-bond acceptors (Lipinski definition) is 6. The van der Waals surface area contributed by atoms with Crippen molar-refractivity contribution in [3.63, 3.8) is 0 Å². The molecule has 25 heavy (non-hydrogen) atoms. The monoisotopic (exact) mass is 358 g/mol. The van der Waals surface area contributed by atoms with Crippen molar-refractivity contribution in [2.75, 3.05) is 26.1 Å². The van der Waals surface area contributed by atoms with Crippen LogP contribution >= 0.6 is 11.3 Å². The third kappa shape index (κ3) is 3.83. The van der Waals surface area contributed by atoms with Crippen molar-refractivity contribution in [1.82, 2.24) is 4.98 Å². The number of carbonyl (C=O) groups is 1. The van der Waals surface area contributed by atoms with E-state index in [-0.39, 0.29) is 12.5 Å². The van der Waals surface area contributed by atoms with E-state index in [1.165, 1.54) is 11.3 Å². The van der Waals surface area contributed by atoms with Gasteiger partial charge in [0, 0.05) is 6.07 Å². The van der Waals surface area contributed by atoms with Gasteiger partial charge in [-0.1, -0.05) is 23.5 Å². The number of hydrogen-bond donors (Lipinski definition) is 1. The molecule has 6 nitrogen and oxygen atoms in total. The molecule has 0 bridgehead atoms. The summed E-state index contributed by atoms with van der Waals surface area (Å²) in [6.45, 7) is 1.89. The van der Waals surface area contributed by atoms with E-state index in [4.69, 9.17) is 14.2 Å². The van der Waals surface area contributed by atoms with Crippen molar-refractivity contribution < 1.29 is 19.0 Å². The number of aryl methyl sites for hydroxylation is 1. The van der Waals surface area contributed by atoms with E-state index in [9.17, 15) is 4.79 Å². The molecule has 0 spiro atoms. The Morgan fingerprint density at radius 1 is 1.16 bits per heavy atom. The highest BCUT2D eigenvalue weighted by Crippen LogP contribution is 2.34. The number of fused-ring (bicyclic) bond motifs is 1. The number of nitrogens with one attached hydrogen (secondary N) is 1. The van der Waals surface area contributed by atoms with Crippen LogP contribution in [-0.2, 0) is 4.79 Å². The number of aromatic nitrogens is 1. The number of nitrogens with zero attached hydrogens (tertiary/aromatic N) is 1. The SMILES string of the molecule is COc1cccc(OCC(=O)Nc2nc3c(OC)ccc(C)c3s2)c1. The number of thiazole rings is 1. The minimum atomic E-state index is -0.279. The summed E-state index contributed by atoms with van der Waals surface area (Å²) >= 11 is 1.41. The highest BCUT2D eigenvalue weighted by molar-refractivity contribution is 7.22. The molecule has 0 aliphatic carbocycles. The van der Waals surface area contributed by atoms with Crippen LogP contribution < -0.4 is 19.5 Å². The van der Waals surface area contributed by atoms with E-state index >= 15 is 0 Å². The number of rotatable bonds is 6. The van der Waals surface area contributed by atoms with Crippen LogP contribution in [0.1, 0.15) is 5.56 Å². The zero-order chi connectivity index (χ0) is 17.8. The standard InChI is InChI=1S/C18H18N2O4S/c1-11-7-8-14(23-3)16-17(11)25-18(20-16)19-15(21)10-24-13-6-4-5-12(9-13)22-2/h4-9H,10H2,1-3H3,(H,19,20,21). The molecule has 130 valence electrons. The minimum absolute atomic E-state index is 0.112. The van der Waals surface area contributed by atoms with E-state index in [0.29, 0.717) is 22.4 Å². The predicted octanol–water partition coefficient (Wildman–Crippen LogP) is 3.64. The molecule has 0 saturated heterocycles. The maximum absolute atomic E-state index is 12.1. The van der Waals surface area contributed by atoms with Crippen LogP contribution in [0, 0.1) is 6.92 Å². The van der Waals surface area contributed by atoms with Crippen LogP contribution in [0.15, 0.2) is 36.4 Å². The molecule has 0 fully saturated rings. The molecule has 7 heteroatoms. The average molecular weight is 358 g/mol. The number of carbonyl (C=O) groups excluding carboxylic acids is 1. The largest absolute Gasteiger partial charge is 0.497 e. The minimum Gasteiger partial charge on any atom is -0.497 e. The lowest BCUT2D eigenvalue weighted by Crippen LogP contribution is -2.20. The highest BCUT2D eigenvalue weighted by atomic mass is 32.1. The molecule has 0 atom stereocenters. The summed E-state index contributed by atoms with van der Waals surface area (Å²) in [6.07, 6.45) is 0. The van der Waals surface area contributed by atoms with Crippen molar-refractivity contribution in [3.8, 4) is 17.2 Å². The van der Waals surface area contributed by atoms with Gasteiger partial charge in [0.15, 0.2) is 11.7 Å². The van der Waals surface area contributed by atoms with Gasteiger partial charge in [-0.3, -0.25) is 10.1 Å². The fraction of sp³-hybridized carbons (Fsp3) is 0.222. The fourth-order valence-electron chi connectivity index (χ4n) is 2.32. The summed E-state index contributed by atoms with van der Waals surface area (Å²) in [7, 11) is 3.18. The molecule has 3 rings (SSSR count). The summed E-state index contributed by atoms with van der Waals surface area (Å²) in [5.41, 5.74) is 1.83. The molecule has 1 amide bonds. The second-order valence-corrected chi connectivity index (χ2v) is 6.30. The van der Waals surface area contributed by atoms with Gasteiger partial charge >= 0.3 is 0 Å². The van der Waals surface area contributed by atoms with Crippen molar-refractivity contribution in [2.24, 2.45) is 0 Å². The Morgan fingerprint density at radius 2 is 1.96 bits per heavy atom. The maximum Gasteiger partial charge on any atom is 0.264 e. The van der Waals surface area contributed by atoms with Gasteiger partial charge in [0.05, 0.1) is 18.9 Å². The van der Waals surface area contributed by atoms with Crippen molar-refractivity contribution in [3.05, 3.63) is 42.0 Å². The molecule has 0 unspecified atom stereocenters. The van der Waals surface area contributed by atoms with Gasteiger partial charge in [-0.15, -0.1) is 0 Å². The third-order valence-electron chi connectivity index (χ3n) is 3.58. The van der Waals surface area contributed by atoms with E-state index in [1.54, 1.807) is 32.4 Å². The van der Waals surface area contributed by atoms with Crippen molar-refractivity contribution in [2.45, 2.75) is 6.92 Å². The van der Waals surface area contributed by atoms with Crippen LogP contribution in [0.4, 0.5) is 5.13 Å². The Bertz CT molecular complexity index is 907. The normalized spacial score (nSPS) is 10.5. The molecular formula is C18H18N2O4S. The Balaban J connectivity index is 1.68. The summed E-state index contributed by atoms with van der Waals surface area (Å²) in [6, 6.07) is 10.9. The zero-order valence-electron chi connectivity index (χ0n) is 14.2. The van der Waals surface area contributed by atoms with E-state index < -0.39 is 0 Å². The van der Waals surface area contributed by atoms with Crippen LogP contribution in [0.3, 0.4) is 0 Å². The van der Waals surface area contributed by atoms with Crippen LogP contribution in [0.2, 0.25) is 0 Å². The number of methoxy groups -OCH3 is 2. The Labute approximate surface area is 149 Å². The number of benzene rings is 2. The van der Waals surface area contributed by atoms with Gasteiger partial charge in [0.1, 0.15) is 22.8 Å². The molecule has 0 radical (unpaired) electrons. The van der Waals surface area contributed by atoms with Gasteiger partial charge < -0.3 is 14.2 Å². The number of ether oxygens (including phenoxy) is 3. The summed E-state index contributed by atoms with van der Waals surface area (Å²) in [5.74, 6) is 1.64. The lowest BCUT2D eigenvalue weighted by atomic mass is 10.2. The molecule has 1 heterocycles. The first kappa shape index (κ1) is 17.0. The average Bonchev–Trinajstić information content (AvgIpc) is 3.05. The lowest BCUT2D eigenvalue weighted by Gasteiger charge is -2.07. The quantitative estimate of drug-likeness (QED) is 0.728. The van der Waals surface area contributed by atoms with Crippen LogP contribution in [-0.4, -0.2) is 31.7 Å². The first-order valence-corrected chi connectivity index (χ1v) is 8.43. The zero-order valence-corrected chi connectivity index (χ0v) is 15.0. The first-order valence-electron chi connectivity index (χ1n) is 7.61. The molecule has 0 aliphatic heterocycles. The fourth-order valence-corrected chi connectivity index (χ4v) is 3.29. The molecule has 1 N–H and O–H groups in total. The van der Waals surface area contributed by atoms with Gasteiger partial charge in [0.2, 0.25) is 0 Å². The molecule has 0 saturated carbocycles. The van der Waals surface area contributed by atoms with Crippen LogP contribution in [0.25, 0.3) is 10.2 Å². The second kappa shape index (κ2) is 7.40. The van der Waals surface area contributed by atoms with Crippen molar-refractivity contribution in [1.29, 1.82) is 0 Å². The smallest absolute Gasteiger partial charge is 0.264 e. The lowest BCUT2D eigenvalue weighted by molar-refractivity contribution is -0.118. The van der Waals surface area contributed by atoms with Crippen molar-refractivity contribution >= 4 is 32.6 Å². The molecule has 0 aliphatic rings. The summed E-state index contributed by atoms with van der Waals surface area (Å²) < 4.78 is 16.9. The van der Waals surface area contributed by atoms with E-state index in [1.807, 2.05) is 25.1 Å². The first-order chi connectivity index (χ1) is 12.1. The summed E-state index contributed by atoms with van der Waals surface area (Å²) in [5, 5.41) is 3.28. The molecule has 2 aromatic carbocycles. The topological polar surface area (TPSA) is 69.7 Å². The number of anilines is 1. The maximum atomic E-state index is 12.1. The van der Waals surface area contributed by atoms with Gasteiger partial charge in [-0.2, -0.15) is 0 Å². The van der Waals surface area contributed by atoms with Gasteiger partial charge in [-0.05, 0) is 30.7 Å². The molecular weight excluding hydrogens is 340 g/mol. The molecule has 1 aromatic heterocycles. The Hall–Kier alpha value is -2.80.